The Morgan fingerprint density at radius 2 is 2.14 bits per heavy atom. The number of thiophene rings is 1. The van der Waals surface area contributed by atoms with Crippen LogP contribution in [0.3, 0.4) is 0 Å². The molecule has 5 nitrogen and oxygen atoms in total. The quantitative estimate of drug-likeness (QED) is 0.915. The van der Waals surface area contributed by atoms with Gasteiger partial charge in [-0.15, -0.1) is 11.3 Å². The van der Waals surface area contributed by atoms with Gasteiger partial charge in [-0.3, -0.25) is 14.5 Å². The molecule has 0 saturated carbocycles. The monoisotopic (exact) mass is 316 g/mol. The molecule has 0 bridgehead atoms. The number of rotatable bonds is 5. The standard InChI is InChI=1S/C16H16N2O3S/c19-15(17-8-7-12-4-3-9-22-12)10-18-13-5-1-2-6-14(13)21-11-16(18)20/h1-6,9H,7-8,10-11H2,(H,17,19). The fourth-order valence-electron chi connectivity index (χ4n) is 2.31. The van der Waals surface area contributed by atoms with E-state index in [1.807, 2.05) is 29.6 Å². The summed E-state index contributed by atoms with van der Waals surface area (Å²) in [6.45, 7) is 0.558. The fourth-order valence-corrected chi connectivity index (χ4v) is 3.02. The van der Waals surface area contributed by atoms with Crippen LogP contribution in [0.4, 0.5) is 5.69 Å². The minimum atomic E-state index is -0.202. The molecule has 114 valence electrons. The van der Waals surface area contributed by atoms with Gasteiger partial charge < -0.3 is 10.1 Å². The van der Waals surface area contributed by atoms with Gasteiger partial charge in [0.15, 0.2) is 6.61 Å². The van der Waals surface area contributed by atoms with Crippen LogP contribution in [0.5, 0.6) is 5.75 Å². The lowest BCUT2D eigenvalue weighted by Crippen LogP contribution is -2.45. The number of benzene rings is 1. The van der Waals surface area contributed by atoms with E-state index in [0.717, 1.165) is 6.42 Å². The molecule has 2 aromatic rings. The van der Waals surface area contributed by atoms with E-state index in [0.29, 0.717) is 18.0 Å². The third-order valence-electron chi connectivity index (χ3n) is 3.38. The van der Waals surface area contributed by atoms with E-state index in [1.54, 1.807) is 23.5 Å². The lowest BCUT2D eigenvalue weighted by atomic mass is 10.2. The third-order valence-corrected chi connectivity index (χ3v) is 4.32. The maximum absolute atomic E-state index is 12.1. The Morgan fingerprint density at radius 1 is 1.27 bits per heavy atom. The average molecular weight is 316 g/mol. The van der Waals surface area contributed by atoms with Crippen LogP contribution in [0, 0.1) is 0 Å². The number of para-hydroxylation sites is 2. The van der Waals surface area contributed by atoms with Crippen molar-refractivity contribution < 1.29 is 14.3 Å². The van der Waals surface area contributed by atoms with Crippen LogP contribution in [-0.2, 0) is 16.0 Å². The van der Waals surface area contributed by atoms with Crippen LogP contribution in [0.15, 0.2) is 41.8 Å². The largest absolute Gasteiger partial charge is 0.482 e. The first-order valence-electron chi connectivity index (χ1n) is 7.05. The topological polar surface area (TPSA) is 58.6 Å². The average Bonchev–Trinajstić information content (AvgIpc) is 3.03. The highest BCUT2D eigenvalue weighted by Gasteiger charge is 2.26. The van der Waals surface area contributed by atoms with Gasteiger partial charge in [-0.2, -0.15) is 0 Å². The van der Waals surface area contributed by atoms with Gasteiger partial charge >= 0.3 is 0 Å². The van der Waals surface area contributed by atoms with Gasteiger partial charge in [0, 0.05) is 11.4 Å². The number of hydrogen-bond acceptors (Lipinski definition) is 4. The summed E-state index contributed by atoms with van der Waals surface area (Å²) < 4.78 is 5.36. The molecule has 2 amide bonds. The lowest BCUT2D eigenvalue weighted by Gasteiger charge is -2.28. The van der Waals surface area contributed by atoms with Gasteiger partial charge in [0.05, 0.1) is 5.69 Å². The van der Waals surface area contributed by atoms with Crippen LogP contribution in [0.1, 0.15) is 4.88 Å². The van der Waals surface area contributed by atoms with Gasteiger partial charge in [-0.25, -0.2) is 0 Å². The second-order valence-corrected chi connectivity index (χ2v) is 5.95. The lowest BCUT2D eigenvalue weighted by molar-refractivity contribution is -0.125. The molecule has 6 heteroatoms. The molecule has 2 heterocycles. The van der Waals surface area contributed by atoms with Crippen molar-refractivity contribution >= 4 is 28.8 Å². The van der Waals surface area contributed by atoms with Crippen molar-refractivity contribution in [2.45, 2.75) is 6.42 Å². The van der Waals surface area contributed by atoms with Crippen molar-refractivity contribution in [3.63, 3.8) is 0 Å². The van der Waals surface area contributed by atoms with Crippen molar-refractivity contribution in [3.05, 3.63) is 46.7 Å². The van der Waals surface area contributed by atoms with Crippen molar-refractivity contribution in [1.82, 2.24) is 5.32 Å². The van der Waals surface area contributed by atoms with Gasteiger partial charge in [0.1, 0.15) is 12.3 Å². The van der Waals surface area contributed by atoms with E-state index in [1.165, 1.54) is 9.78 Å². The van der Waals surface area contributed by atoms with E-state index in [-0.39, 0.29) is 25.0 Å². The molecular formula is C16H16N2O3S. The van der Waals surface area contributed by atoms with E-state index >= 15 is 0 Å². The fraction of sp³-hybridized carbons (Fsp3) is 0.250. The second-order valence-electron chi connectivity index (χ2n) is 4.92. The summed E-state index contributed by atoms with van der Waals surface area (Å²) in [4.78, 5) is 26.7. The molecule has 1 aromatic heterocycles. The molecule has 0 fully saturated rings. The normalized spacial score (nSPS) is 13.5. The van der Waals surface area contributed by atoms with Crippen LogP contribution in [0.2, 0.25) is 0 Å². The third kappa shape index (κ3) is 3.28. The number of anilines is 1. The van der Waals surface area contributed by atoms with Crippen LogP contribution >= 0.6 is 11.3 Å². The summed E-state index contributed by atoms with van der Waals surface area (Å²) in [7, 11) is 0. The molecule has 1 aromatic carbocycles. The highest BCUT2D eigenvalue weighted by Crippen LogP contribution is 2.31. The molecule has 0 radical (unpaired) electrons. The minimum Gasteiger partial charge on any atom is -0.482 e. The molecule has 22 heavy (non-hydrogen) atoms. The maximum Gasteiger partial charge on any atom is 0.265 e. The second kappa shape index (κ2) is 6.62. The molecule has 0 aliphatic carbocycles. The summed E-state index contributed by atoms with van der Waals surface area (Å²) in [5, 5.41) is 4.87. The molecule has 0 saturated heterocycles. The van der Waals surface area contributed by atoms with E-state index < -0.39 is 0 Å². The zero-order chi connectivity index (χ0) is 15.4. The number of ether oxygens (including phenoxy) is 1. The summed E-state index contributed by atoms with van der Waals surface area (Å²) in [6.07, 6.45) is 0.803. The first-order chi connectivity index (χ1) is 10.7. The highest BCUT2D eigenvalue weighted by molar-refractivity contribution is 7.09. The van der Waals surface area contributed by atoms with Crippen molar-refractivity contribution in [1.29, 1.82) is 0 Å². The smallest absolute Gasteiger partial charge is 0.265 e. The van der Waals surface area contributed by atoms with Crippen molar-refractivity contribution in [2.75, 3.05) is 24.6 Å². The molecule has 1 N–H and O–H groups in total. The Hall–Kier alpha value is -2.34. The molecule has 3 rings (SSSR count). The first-order valence-corrected chi connectivity index (χ1v) is 7.93. The molecular weight excluding hydrogens is 300 g/mol. The Kier molecular flexibility index (Phi) is 4.39. The van der Waals surface area contributed by atoms with Crippen molar-refractivity contribution in [2.24, 2.45) is 0 Å². The number of amides is 2. The van der Waals surface area contributed by atoms with Crippen LogP contribution in [-0.4, -0.2) is 31.5 Å². The van der Waals surface area contributed by atoms with E-state index in [4.69, 9.17) is 4.74 Å². The molecule has 0 atom stereocenters. The number of fused-ring (bicyclic) bond motifs is 1. The number of nitrogens with one attached hydrogen (secondary N) is 1. The maximum atomic E-state index is 12.1. The Balaban J connectivity index is 1.58. The number of carbonyl (C=O) groups excluding carboxylic acids is 2. The minimum absolute atomic E-state index is 0.0175. The highest BCUT2D eigenvalue weighted by atomic mass is 32.1. The Morgan fingerprint density at radius 3 is 2.95 bits per heavy atom. The summed E-state index contributed by atoms with van der Waals surface area (Å²) in [5.41, 5.74) is 0.646. The molecule has 1 aliphatic rings. The Labute approximate surface area is 132 Å². The van der Waals surface area contributed by atoms with Gasteiger partial charge in [-0.1, -0.05) is 18.2 Å². The van der Waals surface area contributed by atoms with Gasteiger partial charge in [0.2, 0.25) is 5.91 Å². The molecule has 0 unspecified atom stereocenters. The Bertz CT molecular complexity index is 670. The van der Waals surface area contributed by atoms with E-state index in [2.05, 4.69) is 5.32 Å². The van der Waals surface area contributed by atoms with Gasteiger partial charge in [-0.05, 0) is 30.0 Å². The van der Waals surface area contributed by atoms with Crippen LogP contribution < -0.4 is 15.0 Å². The first kappa shape index (κ1) is 14.6. The number of nitrogens with zero attached hydrogens (tertiary/aromatic N) is 1. The zero-order valence-electron chi connectivity index (χ0n) is 12.0. The summed E-state index contributed by atoms with van der Waals surface area (Å²) >= 11 is 1.67. The van der Waals surface area contributed by atoms with Crippen molar-refractivity contribution in [3.8, 4) is 5.75 Å². The predicted molar refractivity (Wildman–Crippen MR) is 85.3 cm³/mol. The number of hydrogen-bond donors (Lipinski definition) is 1. The summed E-state index contributed by atoms with van der Waals surface area (Å²) in [5.74, 6) is 0.266. The molecule has 0 spiro atoms. The zero-order valence-corrected chi connectivity index (χ0v) is 12.8. The van der Waals surface area contributed by atoms with Crippen LogP contribution in [0.25, 0.3) is 0 Å². The predicted octanol–water partition coefficient (Wildman–Crippen LogP) is 1.83. The molecule has 1 aliphatic heterocycles. The summed E-state index contributed by atoms with van der Waals surface area (Å²) in [6, 6.07) is 11.3. The van der Waals surface area contributed by atoms with E-state index in [9.17, 15) is 9.59 Å². The number of carbonyl (C=O) groups is 2. The van der Waals surface area contributed by atoms with Gasteiger partial charge in [0.25, 0.3) is 5.91 Å². The SMILES string of the molecule is O=C(CN1C(=O)COc2ccccc21)NCCc1cccs1.